The normalized spacial score (nSPS) is 32.4. The van der Waals surface area contributed by atoms with E-state index < -0.39 is 0 Å². The molecule has 0 aromatic heterocycles. The summed E-state index contributed by atoms with van der Waals surface area (Å²) in [5.74, 6) is 0.170. The Bertz CT molecular complexity index is 426. The molecule has 0 saturated heterocycles. The molecule has 1 amide bonds. The van der Waals surface area contributed by atoms with E-state index >= 15 is 0 Å². The molecule has 1 heterocycles. The lowest BCUT2D eigenvalue weighted by Crippen LogP contribution is -2.29. The Hall–Kier alpha value is -1.31. The molecular formula is C12H13NO. The molecule has 2 atom stereocenters. The number of carbonyl (C=O) groups excluding carboxylic acids is 1. The lowest BCUT2D eigenvalue weighted by molar-refractivity contribution is -0.116. The van der Waals surface area contributed by atoms with Gasteiger partial charge in [-0.15, -0.1) is 0 Å². The summed E-state index contributed by atoms with van der Waals surface area (Å²) in [4.78, 5) is 13.5. The van der Waals surface area contributed by atoms with E-state index in [1.165, 1.54) is 5.56 Å². The zero-order chi connectivity index (χ0) is 9.92. The van der Waals surface area contributed by atoms with Crippen LogP contribution in [0, 0.1) is 0 Å². The van der Waals surface area contributed by atoms with Gasteiger partial charge in [0.15, 0.2) is 0 Å². The molecule has 0 radical (unpaired) electrons. The van der Waals surface area contributed by atoms with Gasteiger partial charge in [0.25, 0.3) is 0 Å². The average molecular weight is 187 g/mol. The second-order valence-electron chi connectivity index (χ2n) is 4.54. The Morgan fingerprint density at radius 2 is 2.21 bits per heavy atom. The Morgan fingerprint density at radius 1 is 1.50 bits per heavy atom. The van der Waals surface area contributed by atoms with Crippen molar-refractivity contribution in [3.63, 3.8) is 0 Å². The molecule has 3 rings (SSSR count). The molecule has 1 fully saturated rings. The van der Waals surface area contributed by atoms with E-state index in [4.69, 9.17) is 0 Å². The average Bonchev–Trinajstić information content (AvgIpc) is 2.73. The third-order valence-corrected chi connectivity index (χ3v) is 3.62. The van der Waals surface area contributed by atoms with Gasteiger partial charge >= 0.3 is 0 Å². The van der Waals surface area contributed by atoms with Crippen molar-refractivity contribution in [3.05, 3.63) is 29.8 Å². The summed E-state index contributed by atoms with van der Waals surface area (Å²) < 4.78 is 0. The third-order valence-electron chi connectivity index (χ3n) is 3.62. The van der Waals surface area contributed by atoms with Crippen LogP contribution in [-0.2, 0) is 10.2 Å². The fourth-order valence-electron chi connectivity index (χ4n) is 2.73. The number of anilines is 1. The van der Waals surface area contributed by atoms with Crippen LogP contribution in [0.1, 0.15) is 25.8 Å². The number of fused-ring (bicyclic) bond motifs is 3. The Kier molecular flexibility index (Phi) is 1.26. The van der Waals surface area contributed by atoms with E-state index in [0.29, 0.717) is 6.04 Å². The van der Waals surface area contributed by atoms with Gasteiger partial charge in [0.2, 0.25) is 5.91 Å². The molecule has 2 unspecified atom stereocenters. The summed E-state index contributed by atoms with van der Waals surface area (Å²) in [7, 11) is 0. The SMILES string of the molecule is CC(=O)N1c2ccccc2C2(C)CC12. The van der Waals surface area contributed by atoms with Crippen LogP contribution in [0.5, 0.6) is 0 Å². The number of amides is 1. The first-order valence-corrected chi connectivity index (χ1v) is 5.04. The second kappa shape index (κ2) is 2.19. The molecule has 1 saturated carbocycles. The quantitative estimate of drug-likeness (QED) is 0.609. The third kappa shape index (κ3) is 0.746. The van der Waals surface area contributed by atoms with Crippen LogP contribution in [0.4, 0.5) is 5.69 Å². The van der Waals surface area contributed by atoms with Crippen molar-refractivity contribution in [3.8, 4) is 0 Å². The van der Waals surface area contributed by atoms with E-state index in [1.54, 1.807) is 6.92 Å². The second-order valence-corrected chi connectivity index (χ2v) is 4.54. The molecule has 2 heteroatoms. The summed E-state index contributed by atoms with van der Waals surface area (Å²) in [5.41, 5.74) is 2.72. The summed E-state index contributed by atoms with van der Waals surface area (Å²) in [6.45, 7) is 3.90. The van der Waals surface area contributed by atoms with E-state index in [0.717, 1.165) is 12.1 Å². The topological polar surface area (TPSA) is 20.3 Å². The summed E-state index contributed by atoms with van der Waals surface area (Å²) in [6.07, 6.45) is 1.13. The predicted molar refractivity (Wildman–Crippen MR) is 55.4 cm³/mol. The van der Waals surface area contributed by atoms with E-state index in [-0.39, 0.29) is 11.3 Å². The summed E-state index contributed by atoms with van der Waals surface area (Å²) in [5, 5.41) is 0. The minimum atomic E-state index is 0.170. The maximum Gasteiger partial charge on any atom is 0.224 e. The van der Waals surface area contributed by atoms with Crippen molar-refractivity contribution in [1.29, 1.82) is 0 Å². The van der Waals surface area contributed by atoms with E-state index in [1.807, 2.05) is 17.0 Å². The van der Waals surface area contributed by atoms with E-state index in [2.05, 4.69) is 19.1 Å². The maximum absolute atomic E-state index is 11.5. The number of rotatable bonds is 0. The lowest BCUT2D eigenvalue weighted by atomic mass is 9.99. The minimum absolute atomic E-state index is 0.170. The van der Waals surface area contributed by atoms with Crippen LogP contribution in [0.15, 0.2) is 24.3 Å². The standard InChI is InChI=1S/C12H13NO/c1-8(14)13-10-6-4-3-5-9(10)12(2)7-11(12)13/h3-6,11H,7H2,1-2H3. The van der Waals surface area contributed by atoms with Gasteiger partial charge in [-0.1, -0.05) is 25.1 Å². The van der Waals surface area contributed by atoms with Gasteiger partial charge in [0.1, 0.15) is 0 Å². The molecule has 1 aromatic carbocycles. The monoisotopic (exact) mass is 187 g/mol. The van der Waals surface area contributed by atoms with Crippen molar-refractivity contribution in [2.24, 2.45) is 0 Å². The van der Waals surface area contributed by atoms with Gasteiger partial charge in [-0.3, -0.25) is 4.79 Å². The van der Waals surface area contributed by atoms with Crippen LogP contribution in [0.3, 0.4) is 0 Å². The van der Waals surface area contributed by atoms with Crippen molar-refractivity contribution in [2.45, 2.75) is 31.7 Å². The number of hydrogen-bond acceptors (Lipinski definition) is 1. The van der Waals surface area contributed by atoms with Crippen molar-refractivity contribution < 1.29 is 4.79 Å². The first-order chi connectivity index (χ1) is 6.64. The van der Waals surface area contributed by atoms with Gasteiger partial charge in [0.05, 0.1) is 0 Å². The van der Waals surface area contributed by atoms with Crippen LogP contribution in [0.25, 0.3) is 0 Å². The Balaban J connectivity index is 2.19. The molecule has 2 nitrogen and oxygen atoms in total. The fraction of sp³-hybridized carbons (Fsp3) is 0.417. The molecule has 14 heavy (non-hydrogen) atoms. The predicted octanol–water partition coefficient (Wildman–Crippen LogP) is 2.08. The number of carbonyl (C=O) groups is 1. The van der Waals surface area contributed by atoms with Gasteiger partial charge in [-0.05, 0) is 18.1 Å². The maximum atomic E-state index is 11.5. The zero-order valence-electron chi connectivity index (χ0n) is 8.45. The van der Waals surface area contributed by atoms with Crippen molar-refractivity contribution >= 4 is 11.6 Å². The molecule has 1 aromatic rings. The Labute approximate surface area is 83.5 Å². The van der Waals surface area contributed by atoms with Crippen molar-refractivity contribution in [1.82, 2.24) is 0 Å². The number of para-hydroxylation sites is 1. The highest BCUT2D eigenvalue weighted by Crippen LogP contribution is 2.60. The zero-order valence-corrected chi connectivity index (χ0v) is 8.45. The summed E-state index contributed by atoms with van der Waals surface area (Å²) in [6, 6.07) is 8.69. The van der Waals surface area contributed by atoms with Crippen LogP contribution in [0.2, 0.25) is 0 Å². The minimum Gasteiger partial charge on any atom is -0.308 e. The molecule has 1 aliphatic heterocycles. The molecule has 0 spiro atoms. The summed E-state index contributed by atoms with van der Waals surface area (Å²) >= 11 is 0. The highest BCUT2D eigenvalue weighted by molar-refractivity contribution is 5.97. The molecular weight excluding hydrogens is 174 g/mol. The number of hydrogen-bond donors (Lipinski definition) is 0. The van der Waals surface area contributed by atoms with Gasteiger partial charge in [-0.2, -0.15) is 0 Å². The van der Waals surface area contributed by atoms with Crippen LogP contribution < -0.4 is 4.90 Å². The van der Waals surface area contributed by atoms with Crippen LogP contribution >= 0.6 is 0 Å². The lowest BCUT2D eigenvalue weighted by Gasteiger charge is -2.17. The van der Waals surface area contributed by atoms with Crippen molar-refractivity contribution in [2.75, 3.05) is 4.90 Å². The van der Waals surface area contributed by atoms with Gasteiger partial charge in [-0.25, -0.2) is 0 Å². The molecule has 1 aliphatic carbocycles. The highest BCUT2D eigenvalue weighted by atomic mass is 16.2. The Morgan fingerprint density at radius 3 is 2.93 bits per heavy atom. The smallest absolute Gasteiger partial charge is 0.224 e. The molecule has 0 N–H and O–H groups in total. The fourth-order valence-corrected chi connectivity index (χ4v) is 2.73. The number of benzene rings is 1. The number of nitrogens with zero attached hydrogens (tertiary/aromatic N) is 1. The molecule has 72 valence electrons. The molecule has 0 bridgehead atoms. The van der Waals surface area contributed by atoms with E-state index in [9.17, 15) is 4.79 Å². The molecule has 2 aliphatic rings. The first-order valence-electron chi connectivity index (χ1n) is 5.04. The first kappa shape index (κ1) is 8.04. The van der Waals surface area contributed by atoms with Gasteiger partial charge in [0, 0.05) is 24.1 Å². The van der Waals surface area contributed by atoms with Gasteiger partial charge < -0.3 is 4.90 Å². The van der Waals surface area contributed by atoms with Crippen LogP contribution in [-0.4, -0.2) is 11.9 Å². The largest absolute Gasteiger partial charge is 0.308 e. The highest BCUT2D eigenvalue weighted by Gasteiger charge is 2.61.